The Morgan fingerprint density at radius 3 is 1.45 bits per heavy atom. The van der Waals surface area contributed by atoms with Crippen LogP contribution in [0.3, 0.4) is 0 Å². The van der Waals surface area contributed by atoms with E-state index in [1.807, 2.05) is 0 Å². The van der Waals surface area contributed by atoms with Crippen LogP contribution in [0.25, 0.3) is 0 Å². The molecule has 0 amide bonds. The Labute approximate surface area is 129 Å². The fourth-order valence-corrected chi connectivity index (χ4v) is 1.76. The second-order valence-corrected chi connectivity index (χ2v) is 4.37. The summed E-state index contributed by atoms with van der Waals surface area (Å²) in [5.41, 5.74) is 0. The van der Waals surface area contributed by atoms with E-state index < -0.39 is 62.8 Å². The van der Waals surface area contributed by atoms with Crippen LogP contribution in [0.2, 0.25) is 0 Å². The zero-order chi connectivity index (χ0) is 17.3. The summed E-state index contributed by atoms with van der Waals surface area (Å²) in [5, 5.41) is 34.9. The molecule has 0 spiro atoms. The molecule has 4 N–H and O–H groups in total. The lowest BCUT2D eigenvalue weighted by molar-refractivity contribution is -0.150. The molecule has 22 heavy (non-hydrogen) atoms. The second-order valence-electron chi connectivity index (χ2n) is 4.19. The lowest BCUT2D eigenvalue weighted by Gasteiger charge is -2.30. The molecule has 0 aromatic carbocycles. The van der Waals surface area contributed by atoms with Crippen molar-refractivity contribution in [3.63, 3.8) is 0 Å². The molecule has 0 fully saturated rings. The third-order valence-corrected chi connectivity index (χ3v) is 2.52. The molecular formula is C10H15ClN2O9. The monoisotopic (exact) mass is 342 g/mol. The third-order valence-electron chi connectivity index (χ3n) is 2.32. The maximum atomic E-state index is 10.7. The minimum Gasteiger partial charge on any atom is -0.480 e. The number of nitrogens with zero attached hydrogens (tertiary/aromatic N) is 2. The number of rotatable bonds is 12. The fourth-order valence-electron chi connectivity index (χ4n) is 1.60. The second kappa shape index (κ2) is 9.89. The van der Waals surface area contributed by atoms with Crippen molar-refractivity contribution in [2.75, 3.05) is 32.7 Å². The molecule has 0 saturated heterocycles. The number of hydrogen-bond donors (Lipinski definition) is 4. The topological polar surface area (TPSA) is 165 Å². The highest BCUT2D eigenvalue weighted by molar-refractivity contribution is 6.07. The zero-order valence-electron chi connectivity index (χ0n) is 11.2. The van der Waals surface area contributed by atoms with Crippen LogP contribution >= 0.6 is 11.9 Å². The van der Waals surface area contributed by atoms with E-state index in [1.54, 1.807) is 0 Å². The highest BCUT2D eigenvalue weighted by Crippen LogP contribution is 2.07. The first kappa shape index (κ1) is 20.1. The number of halogens is 1. The normalized spacial score (nSPS) is 12.3. The minimum atomic E-state index is -1.36. The van der Waals surface area contributed by atoms with Crippen LogP contribution in [0.1, 0.15) is 0 Å². The van der Waals surface area contributed by atoms with Crippen molar-refractivity contribution in [2.45, 2.75) is 6.23 Å². The van der Waals surface area contributed by atoms with E-state index in [0.29, 0.717) is 0 Å². The Morgan fingerprint density at radius 1 is 0.818 bits per heavy atom. The van der Waals surface area contributed by atoms with Gasteiger partial charge in [0.05, 0.1) is 38.0 Å². The lowest BCUT2D eigenvalue weighted by Crippen LogP contribution is -2.50. The Morgan fingerprint density at radius 2 is 1.18 bits per heavy atom. The number of carboxylic acids is 4. The molecule has 0 rings (SSSR count). The van der Waals surface area contributed by atoms with Gasteiger partial charge < -0.3 is 20.4 Å². The molecule has 0 radical (unpaired) electrons. The third kappa shape index (κ3) is 9.07. The van der Waals surface area contributed by atoms with E-state index >= 15 is 0 Å². The SMILES string of the molecule is O=C(O)CN(CC(=O)O)CC(OCl)N(CC(=O)O)CC(=O)O. The first-order valence-electron chi connectivity index (χ1n) is 5.76. The van der Waals surface area contributed by atoms with Gasteiger partial charge in [-0.25, -0.2) is 0 Å². The van der Waals surface area contributed by atoms with E-state index in [1.165, 1.54) is 0 Å². The largest absolute Gasteiger partial charge is 0.480 e. The maximum Gasteiger partial charge on any atom is 0.317 e. The Bertz CT molecular complexity index is 399. The molecule has 12 heteroatoms. The summed E-state index contributed by atoms with van der Waals surface area (Å²) in [6.45, 7) is -3.23. The van der Waals surface area contributed by atoms with Crippen LogP contribution in [0.4, 0.5) is 0 Å². The maximum absolute atomic E-state index is 10.7. The van der Waals surface area contributed by atoms with Crippen LogP contribution in [0.15, 0.2) is 0 Å². The number of aliphatic carboxylic acids is 4. The van der Waals surface area contributed by atoms with Crippen molar-refractivity contribution in [3.8, 4) is 0 Å². The smallest absolute Gasteiger partial charge is 0.317 e. The molecule has 0 heterocycles. The average molecular weight is 343 g/mol. The summed E-state index contributed by atoms with van der Waals surface area (Å²) in [7, 11) is 0. The predicted octanol–water partition coefficient (Wildman–Crippen LogP) is -1.57. The van der Waals surface area contributed by atoms with Gasteiger partial charge in [-0.05, 0) is 0 Å². The van der Waals surface area contributed by atoms with Crippen molar-refractivity contribution in [1.29, 1.82) is 0 Å². The minimum absolute atomic E-state index is 0.414. The van der Waals surface area contributed by atoms with Gasteiger partial charge in [0.15, 0.2) is 0 Å². The van der Waals surface area contributed by atoms with E-state index in [4.69, 9.17) is 32.3 Å². The van der Waals surface area contributed by atoms with Crippen LogP contribution in [-0.4, -0.2) is 93.1 Å². The summed E-state index contributed by atoms with van der Waals surface area (Å²) in [5.74, 6) is -5.36. The average Bonchev–Trinajstić information content (AvgIpc) is 2.32. The Hall–Kier alpha value is -1.95. The van der Waals surface area contributed by atoms with Gasteiger partial charge in [0.2, 0.25) is 0 Å². The summed E-state index contributed by atoms with van der Waals surface area (Å²) < 4.78 is 4.45. The highest BCUT2D eigenvalue weighted by Gasteiger charge is 2.27. The Balaban J connectivity index is 5.03. The number of hydrogen-bond acceptors (Lipinski definition) is 7. The van der Waals surface area contributed by atoms with E-state index in [9.17, 15) is 19.2 Å². The van der Waals surface area contributed by atoms with Gasteiger partial charge >= 0.3 is 23.9 Å². The molecule has 0 aliphatic carbocycles. The van der Waals surface area contributed by atoms with Crippen molar-refractivity contribution >= 4 is 35.7 Å². The molecular weight excluding hydrogens is 328 g/mol. The van der Waals surface area contributed by atoms with Gasteiger partial charge in [-0.2, -0.15) is 0 Å². The number of carboxylic acid groups (broad SMARTS) is 4. The van der Waals surface area contributed by atoms with E-state index in [2.05, 4.69) is 4.29 Å². The van der Waals surface area contributed by atoms with Gasteiger partial charge in [-0.15, -0.1) is 0 Å². The van der Waals surface area contributed by atoms with Gasteiger partial charge in [0.1, 0.15) is 6.23 Å². The van der Waals surface area contributed by atoms with Gasteiger partial charge in [0.25, 0.3) is 0 Å². The fraction of sp³-hybridized carbons (Fsp3) is 0.600. The molecule has 126 valence electrons. The molecule has 11 nitrogen and oxygen atoms in total. The van der Waals surface area contributed by atoms with Gasteiger partial charge in [-0.3, -0.25) is 33.3 Å². The van der Waals surface area contributed by atoms with E-state index in [-0.39, 0.29) is 0 Å². The van der Waals surface area contributed by atoms with Gasteiger partial charge in [0, 0.05) is 6.54 Å². The molecule has 0 aromatic rings. The summed E-state index contributed by atoms with van der Waals surface area (Å²) in [4.78, 5) is 44.5. The molecule has 1 atom stereocenters. The molecule has 0 aliphatic rings. The Kier molecular flexibility index (Phi) is 9.01. The first-order valence-corrected chi connectivity index (χ1v) is 6.07. The van der Waals surface area contributed by atoms with Crippen LogP contribution in [0.5, 0.6) is 0 Å². The summed E-state index contributed by atoms with van der Waals surface area (Å²) in [6.07, 6.45) is -1.33. The zero-order valence-corrected chi connectivity index (χ0v) is 12.0. The highest BCUT2D eigenvalue weighted by atomic mass is 35.5. The van der Waals surface area contributed by atoms with E-state index in [0.717, 1.165) is 9.80 Å². The van der Waals surface area contributed by atoms with Gasteiger partial charge in [-0.1, -0.05) is 0 Å². The van der Waals surface area contributed by atoms with Crippen molar-refractivity contribution < 1.29 is 43.9 Å². The molecule has 0 aliphatic heterocycles. The molecule has 0 saturated carbocycles. The molecule has 1 unspecified atom stereocenters. The van der Waals surface area contributed by atoms with Crippen molar-refractivity contribution in [3.05, 3.63) is 0 Å². The summed E-state index contributed by atoms with van der Waals surface area (Å²) >= 11 is 5.20. The quantitative estimate of drug-likeness (QED) is 0.302. The first-order chi connectivity index (χ1) is 10.1. The van der Waals surface area contributed by atoms with Crippen molar-refractivity contribution in [2.24, 2.45) is 0 Å². The summed E-state index contributed by atoms with van der Waals surface area (Å²) in [6, 6.07) is 0. The van der Waals surface area contributed by atoms with Crippen LogP contribution in [0, 0.1) is 0 Å². The predicted molar refractivity (Wildman–Crippen MR) is 69.3 cm³/mol. The van der Waals surface area contributed by atoms with Crippen LogP contribution in [-0.2, 0) is 23.5 Å². The lowest BCUT2D eigenvalue weighted by atomic mass is 10.3. The molecule has 0 bridgehead atoms. The number of carbonyl (C=O) groups is 4. The molecule has 0 aromatic heterocycles. The van der Waals surface area contributed by atoms with Crippen molar-refractivity contribution in [1.82, 2.24) is 9.80 Å². The van der Waals surface area contributed by atoms with Crippen LogP contribution < -0.4 is 0 Å². The standard InChI is InChI=1S/C10H15ClN2O9/c11-22-6(13(4-9(18)19)5-10(20)21)1-12(2-7(14)15)3-8(16)17/h6H,1-5H2,(H,14,15)(H,16,17)(H,18,19)(H,20,21).